The van der Waals surface area contributed by atoms with Crippen LogP contribution in [0.2, 0.25) is 0 Å². The van der Waals surface area contributed by atoms with Gasteiger partial charge < -0.3 is 10.2 Å². The molecule has 0 fully saturated rings. The predicted molar refractivity (Wildman–Crippen MR) is 50.5 cm³/mol. The van der Waals surface area contributed by atoms with Crippen LogP contribution >= 0.6 is 0 Å². The molecule has 3 nitrogen and oxygen atoms in total. The molecule has 0 aliphatic carbocycles. The fourth-order valence-electron chi connectivity index (χ4n) is 1.19. The van der Waals surface area contributed by atoms with Gasteiger partial charge in [-0.25, -0.2) is 0 Å². The van der Waals surface area contributed by atoms with Crippen molar-refractivity contribution >= 4 is 5.91 Å². The van der Waals surface area contributed by atoms with E-state index in [-0.39, 0.29) is 5.76 Å². The Morgan fingerprint density at radius 3 is 2.77 bits per heavy atom. The quantitative estimate of drug-likeness (QED) is 0.707. The van der Waals surface area contributed by atoms with Gasteiger partial charge in [-0.1, -0.05) is 19.8 Å². The van der Waals surface area contributed by atoms with Crippen molar-refractivity contribution in [3.63, 3.8) is 0 Å². The highest BCUT2D eigenvalue weighted by atomic mass is 16.3. The number of unbranched alkanes of at least 4 members (excludes halogenated alkanes) is 2. The maximum Gasteiger partial charge on any atom is 0.284 e. The van der Waals surface area contributed by atoms with Gasteiger partial charge in [0, 0.05) is 6.42 Å². The first kappa shape index (κ1) is 9.84. The summed E-state index contributed by atoms with van der Waals surface area (Å²) < 4.78 is 5.22. The van der Waals surface area contributed by atoms with E-state index in [1.807, 2.05) is 6.07 Å². The second-order valence-electron chi connectivity index (χ2n) is 3.09. The van der Waals surface area contributed by atoms with E-state index in [1.165, 1.54) is 12.8 Å². The summed E-state index contributed by atoms with van der Waals surface area (Å²) in [7, 11) is 0. The highest BCUT2D eigenvalue weighted by Gasteiger charge is 2.05. The Balaban J connectivity index is 2.44. The SMILES string of the molecule is CCCCCc1ccc(C(N)=O)o1. The zero-order chi connectivity index (χ0) is 9.68. The Hall–Kier alpha value is -1.25. The normalized spacial score (nSPS) is 10.2. The van der Waals surface area contributed by atoms with E-state index in [0.717, 1.165) is 18.6 Å². The van der Waals surface area contributed by atoms with E-state index in [1.54, 1.807) is 6.07 Å². The van der Waals surface area contributed by atoms with Crippen molar-refractivity contribution in [2.75, 3.05) is 0 Å². The Labute approximate surface area is 77.9 Å². The van der Waals surface area contributed by atoms with Gasteiger partial charge >= 0.3 is 0 Å². The van der Waals surface area contributed by atoms with E-state index in [0.29, 0.717) is 0 Å². The smallest absolute Gasteiger partial charge is 0.284 e. The largest absolute Gasteiger partial charge is 0.456 e. The Kier molecular flexibility index (Phi) is 3.55. The number of hydrogen-bond acceptors (Lipinski definition) is 2. The number of nitrogens with two attached hydrogens (primary N) is 1. The Bertz CT molecular complexity index is 278. The highest BCUT2D eigenvalue weighted by molar-refractivity contribution is 5.89. The lowest BCUT2D eigenvalue weighted by Crippen LogP contribution is -2.09. The molecule has 0 saturated carbocycles. The molecule has 1 aromatic heterocycles. The van der Waals surface area contributed by atoms with Gasteiger partial charge in [0.05, 0.1) is 0 Å². The Morgan fingerprint density at radius 2 is 2.23 bits per heavy atom. The number of aryl methyl sites for hydroxylation is 1. The van der Waals surface area contributed by atoms with Gasteiger partial charge in [0.15, 0.2) is 5.76 Å². The lowest BCUT2D eigenvalue weighted by Gasteiger charge is -1.94. The topological polar surface area (TPSA) is 56.2 Å². The molecule has 0 aliphatic heterocycles. The first-order chi connectivity index (χ1) is 6.24. The number of rotatable bonds is 5. The second-order valence-corrected chi connectivity index (χ2v) is 3.09. The summed E-state index contributed by atoms with van der Waals surface area (Å²) in [5.74, 6) is 0.607. The van der Waals surface area contributed by atoms with E-state index >= 15 is 0 Å². The van der Waals surface area contributed by atoms with Gasteiger partial charge in [0.2, 0.25) is 0 Å². The van der Waals surface area contributed by atoms with E-state index in [4.69, 9.17) is 10.2 Å². The molecule has 1 aromatic rings. The fourth-order valence-corrected chi connectivity index (χ4v) is 1.19. The molecule has 0 spiro atoms. The van der Waals surface area contributed by atoms with E-state index in [9.17, 15) is 4.79 Å². The molecule has 0 aromatic carbocycles. The van der Waals surface area contributed by atoms with E-state index < -0.39 is 5.91 Å². The van der Waals surface area contributed by atoms with Gasteiger partial charge in [0.25, 0.3) is 5.91 Å². The second kappa shape index (κ2) is 4.70. The van der Waals surface area contributed by atoms with Crippen LogP contribution in [-0.2, 0) is 6.42 Å². The van der Waals surface area contributed by atoms with Crippen LogP contribution in [0.1, 0.15) is 42.5 Å². The zero-order valence-electron chi connectivity index (χ0n) is 7.88. The van der Waals surface area contributed by atoms with Gasteiger partial charge in [-0.15, -0.1) is 0 Å². The van der Waals surface area contributed by atoms with Crippen LogP contribution in [0.4, 0.5) is 0 Å². The van der Waals surface area contributed by atoms with Crippen molar-refractivity contribution in [3.8, 4) is 0 Å². The molecule has 0 unspecified atom stereocenters. The standard InChI is InChI=1S/C10H15NO2/c1-2-3-4-5-8-6-7-9(13-8)10(11)12/h6-7H,2-5H2,1H3,(H2,11,12). The average molecular weight is 181 g/mol. The summed E-state index contributed by atoms with van der Waals surface area (Å²) in [5, 5.41) is 0. The van der Waals surface area contributed by atoms with Crippen molar-refractivity contribution in [1.82, 2.24) is 0 Å². The van der Waals surface area contributed by atoms with Crippen LogP contribution in [0.3, 0.4) is 0 Å². The van der Waals surface area contributed by atoms with Crippen molar-refractivity contribution < 1.29 is 9.21 Å². The van der Waals surface area contributed by atoms with Crippen molar-refractivity contribution in [2.24, 2.45) is 5.73 Å². The molecular formula is C10H15NO2. The minimum absolute atomic E-state index is 0.256. The average Bonchev–Trinajstić information content (AvgIpc) is 2.53. The lowest BCUT2D eigenvalue weighted by molar-refractivity contribution is 0.0972. The first-order valence-electron chi connectivity index (χ1n) is 4.62. The first-order valence-corrected chi connectivity index (χ1v) is 4.62. The molecule has 0 atom stereocenters. The number of carbonyl (C=O) groups is 1. The molecular weight excluding hydrogens is 166 g/mol. The number of carbonyl (C=O) groups excluding carboxylic acids is 1. The third kappa shape index (κ3) is 2.93. The zero-order valence-corrected chi connectivity index (χ0v) is 7.88. The summed E-state index contributed by atoms with van der Waals surface area (Å²) in [5.41, 5.74) is 5.05. The van der Waals surface area contributed by atoms with Crippen molar-refractivity contribution in [1.29, 1.82) is 0 Å². The number of hydrogen-bond donors (Lipinski definition) is 1. The number of amides is 1. The maximum atomic E-state index is 10.7. The van der Waals surface area contributed by atoms with Crippen LogP contribution in [-0.4, -0.2) is 5.91 Å². The summed E-state index contributed by atoms with van der Waals surface area (Å²) in [6.07, 6.45) is 4.36. The highest BCUT2D eigenvalue weighted by Crippen LogP contribution is 2.10. The Morgan fingerprint density at radius 1 is 1.46 bits per heavy atom. The molecule has 72 valence electrons. The molecule has 1 rings (SSSR count). The molecule has 0 aliphatic rings. The van der Waals surface area contributed by atoms with Gasteiger partial charge in [-0.2, -0.15) is 0 Å². The van der Waals surface area contributed by atoms with E-state index in [2.05, 4.69) is 6.92 Å². The maximum absolute atomic E-state index is 10.7. The molecule has 13 heavy (non-hydrogen) atoms. The van der Waals surface area contributed by atoms with Crippen molar-refractivity contribution in [2.45, 2.75) is 32.6 Å². The van der Waals surface area contributed by atoms with Crippen LogP contribution in [0.25, 0.3) is 0 Å². The summed E-state index contributed by atoms with van der Waals surface area (Å²) in [4.78, 5) is 10.7. The third-order valence-electron chi connectivity index (χ3n) is 1.93. The molecule has 1 amide bonds. The van der Waals surface area contributed by atoms with Gasteiger partial charge in [0.1, 0.15) is 5.76 Å². The number of furan rings is 1. The monoisotopic (exact) mass is 181 g/mol. The van der Waals surface area contributed by atoms with Crippen molar-refractivity contribution in [3.05, 3.63) is 23.7 Å². The van der Waals surface area contributed by atoms with Crippen LogP contribution in [0, 0.1) is 0 Å². The van der Waals surface area contributed by atoms with Crippen LogP contribution in [0.5, 0.6) is 0 Å². The summed E-state index contributed by atoms with van der Waals surface area (Å²) in [6, 6.07) is 3.44. The molecule has 0 radical (unpaired) electrons. The molecule has 2 N–H and O–H groups in total. The molecule has 1 heterocycles. The molecule has 0 saturated heterocycles. The van der Waals surface area contributed by atoms with Gasteiger partial charge in [-0.05, 0) is 18.6 Å². The van der Waals surface area contributed by atoms with Gasteiger partial charge in [-0.3, -0.25) is 4.79 Å². The molecule has 0 bridgehead atoms. The van der Waals surface area contributed by atoms with Crippen LogP contribution < -0.4 is 5.73 Å². The summed E-state index contributed by atoms with van der Waals surface area (Å²) in [6.45, 7) is 2.15. The third-order valence-corrected chi connectivity index (χ3v) is 1.93. The predicted octanol–water partition coefficient (Wildman–Crippen LogP) is 2.11. The summed E-state index contributed by atoms with van der Waals surface area (Å²) >= 11 is 0. The fraction of sp³-hybridized carbons (Fsp3) is 0.500. The van der Waals surface area contributed by atoms with Crippen LogP contribution in [0.15, 0.2) is 16.5 Å². The number of primary amides is 1. The minimum Gasteiger partial charge on any atom is -0.456 e. The minimum atomic E-state index is -0.498. The molecule has 3 heteroatoms. The lowest BCUT2D eigenvalue weighted by atomic mass is 10.2.